The minimum Gasteiger partial charge on any atom is -0.323 e. The molecule has 1 heterocycles. The summed E-state index contributed by atoms with van der Waals surface area (Å²) in [5, 5.41) is 4.20. The summed E-state index contributed by atoms with van der Waals surface area (Å²) in [6.45, 7) is 4.78. The predicted octanol–water partition coefficient (Wildman–Crippen LogP) is 2.81. The molecule has 0 radical (unpaired) electrons. The van der Waals surface area contributed by atoms with Crippen LogP contribution in [0.25, 0.3) is 0 Å². The molecule has 0 aliphatic rings. The zero-order valence-corrected chi connectivity index (χ0v) is 12.0. The smallest absolute Gasteiger partial charge is 0.170 e. The van der Waals surface area contributed by atoms with Crippen LogP contribution >= 0.6 is 0 Å². The van der Waals surface area contributed by atoms with Crippen molar-refractivity contribution in [2.24, 2.45) is 11.7 Å². The fourth-order valence-electron chi connectivity index (χ4n) is 2.23. The largest absolute Gasteiger partial charge is 0.323 e. The Balaban J connectivity index is 2.11. The summed E-state index contributed by atoms with van der Waals surface area (Å²) in [4.78, 5) is 12.4. The molecule has 4 nitrogen and oxygen atoms in total. The third-order valence-electron chi connectivity index (χ3n) is 3.51. The van der Waals surface area contributed by atoms with E-state index in [1.165, 1.54) is 0 Å². The third-order valence-corrected chi connectivity index (χ3v) is 3.51. The maximum atomic E-state index is 12.4. The lowest BCUT2D eigenvalue weighted by Crippen LogP contribution is -2.25. The fraction of sp³-hybridized carbons (Fsp3) is 0.375. The molecule has 1 aromatic carbocycles. The van der Waals surface area contributed by atoms with Crippen LogP contribution in [0.3, 0.4) is 0 Å². The van der Waals surface area contributed by atoms with Gasteiger partial charge in [-0.1, -0.05) is 44.2 Å². The van der Waals surface area contributed by atoms with Crippen molar-refractivity contribution < 1.29 is 4.79 Å². The summed E-state index contributed by atoms with van der Waals surface area (Å²) in [6.07, 6.45) is 4.43. The van der Waals surface area contributed by atoms with Crippen LogP contribution in [0.5, 0.6) is 0 Å². The van der Waals surface area contributed by atoms with E-state index >= 15 is 0 Å². The highest BCUT2D eigenvalue weighted by Gasteiger charge is 2.24. The predicted molar refractivity (Wildman–Crippen MR) is 79.4 cm³/mol. The van der Waals surface area contributed by atoms with Crippen molar-refractivity contribution in [3.63, 3.8) is 0 Å². The zero-order valence-electron chi connectivity index (χ0n) is 12.0. The number of carbonyl (C=O) groups is 1. The maximum Gasteiger partial charge on any atom is 0.170 e. The molecule has 2 unspecified atom stereocenters. The van der Waals surface area contributed by atoms with Crippen molar-refractivity contribution in [1.82, 2.24) is 9.78 Å². The van der Waals surface area contributed by atoms with Crippen molar-refractivity contribution in [3.05, 3.63) is 53.9 Å². The molecule has 0 aliphatic heterocycles. The van der Waals surface area contributed by atoms with E-state index < -0.39 is 0 Å². The van der Waals surface area contributed by atoms with E-state index in [-0.39, 0.29) is 17.7 Å². The molecule has 0 saturated carbocycles. The molecule has 0 aliphatic carbocycles. The molecule has 0 saturated heterocycles. The molecule has 2 atom stereocenters. The van der Waals surface area contributed by atoms with Gasteiger partial charge in [0.15, 0.2) is 5.78 Å². The van der Waals surface area contributed by atoms with Gasteiger partial charge in [0.2, 0.25) is 0 Å². The van der Waals surface area contributed by atoms with E-state index in [0.717, 1.165) is 18.5 Å². The molecule has 0 amide bonds. The molecule has 0 spiro atoms. The Hall–Kier alpha value is -1.94. The number of hydrogen-bond donors (Lipinski definition) is 1. The highest BCUT2D eigenvalue weighted by atomic mass is 16.1. The lowest BCUT2D eigenvalue weighted by molar-refractivity contribution is 0.0912. The molecular formula is C16H21N3O. The number of aromatic nitrogens is 2. The van der Waals surface area contributed by atoms with Gasteiger partial charge in [0.25, 0.3) is 0 Å². The Bertz CT molecular complexity index is 562. The van der Waals surface area contributed by atoms with Crippen molar-refractivity contribution >= 4 is 5.78 Å². The summed E-state index contributed by atoms with van der Waals surface area (Å²) in [5.74, 6) is -0.222. The standard InChI is InChI=1S/C16H21N3O/c1-3-9-19-11-14(10-18-19)16(20)12(2)15(17)13-7-5-4-6-8-13/h4-8,10-12,15H,3,9,17H2,1-2H3. The Kier molecular flexibility index (Phi) is 4.69. The monoisotopic (exact) mass is 271 g/mol. The van der Waals surface area contributed by atoms with E-state index in [0.29, 0.717) is 5.56 Å². The molecule has 1 aromatic heterocycles. The third kappa shape index (κ3) is 3.14. The van der Waals surface area contributed by atoms with Gasteiger partial charge in [-0.25, -0.2) is 0 Å². The van der Waals surface area contributed by atoms with Gasteiger partial charge in [-0.2, -0.15) is 5.10 Å². The molecule has 106 valence electrons. The summed E-state index contributed by atoms with van der Waals surface area (Å²) in [6, 6.07) is 9.43. The van der Waals surface area contributed by atoms with Crippen LogP contribution in [0.1, 0.15) is 42.2 Å². The van der Waals surface area contributed by atoms with Crippen LogP contribution in [0.4, 0.5) is 0 Å². The Morgan fingerprint density at radius 1 is 1.35 bits per heavy atom. The highest BCUT2D eigenvalue weighted by molar-refractivity contribution is 5.97. The van der Waals surface area contributed by atoms with Crippen molar-refractivity contribution in [3.8, 4) is 0 Å². The zero-order chi connectivity index (χ0) is 14.5. The van der Waals surface area contributed by atoms with E-state index in [2.05, 4.69) is 12.0 Å². The SMILES string of the molecule is CCCn1cc(C(=O)C(C)C(N)c2ccccc2)cn1. The minimum atomic E-state index is -0.293. The first-order valence-electron chi connectivity index (χ1n) is 7.00. The highest BCUT2D eigenvalue weighted by Crippen LogP contribution is 2.22. The van der Waals surface area contributed by atoms with Gasteiger partial charge >= 0.3 is 0 Å². The van der Waals surface area contributed by atoms with Crippen LogP contribution in [-0.4, -0.2) is 15.6 Å². The van der Waals surface area contributed by atoms with E-state index in [9.17, 15) is 4.79 Å². The Morgan fingerprint density at radius 3 is 2.70 bits per heavy atom. The molecule has 2 N–H and O–H groups in total. The summed E-state index contributed by atoms with van der Waals surface area (Å²) < 4.78 is 1.80. The van der Waals surface area contributed by atoms with Gasteiger partial charge < -0.3 is 5.73 Å². The average Bonchev–Trinajstić information content (AvgIpc) is 2.95. The quantitative estimate of drug-likeness (QED) is 0.822. The van der Waals surface area contributed by atoms with Crippen LogP contribution in [0.15, 0.2) is 42.7 Å². The van der Waals surface area contributed by atoms with Crippen LogP contribution in [0.2, 0.25) is 0 Å². The second-order valence-electron chi connectivity index (χ2n) is 5.08. The molecule has 0 bridgehead atoms. The summed E-state index contributed by atoms with van der Waals surface area (Å²) in [5.41, 5.74) is 7.81. The second-order valence-corrected chi connectivity index (χ2v) is 5.08. The van der Waals surface area contributed by atoms with Gasteiger partial charge in [0, 0.05) is 24.7 Å². The molecule has 4 heteroatoms. The maximum absolute atomic E-state index is 12.4. The van der Waals surface area contributed by atoms with E-state index in [1.807, 2.05) is 37.3 Å². The molecule has 2 aromatic rings. The number of nitrogens with zero attached hydrogens (tertiary/aromatic N) is 2. The Labute approximate surface area is 119 Å². The fourth-order valence-corrected chi connectivity index (χ4v) is 2.23. The van der Waals surface area contributed by atoms with E-state index in [1.54, 1.807) is 17.1 Å². The lowest BCUT2D eigenvalue weighted by Gasteiger charge is -2.18. The molecule has 20 heavy (non-hydrogen) atoms. The topological polar surface area (TPSA) is 60.9 Å². The molecule has 2 rings (SSSR count). The summed E-state index contributed by atoms with van der Waals surface area (Å²) in [7, 11) is 0. The Morgan fingerprint density at radius 2 is 2.05 bits per heavy atom. The number of hydrogen-bond acceptors (Lipinski definition) is 3. The van der Waals surface area contributed by atoms with Gasteiger partial charge in [0.05, 0.1) is 11.8 Å². The van der Waals surface area contributed by atoms with Crippen molar-refractivity contribution in [2.75, 3.05) is 0 Å². The van der Waals surface area contributed by atoms with Gasteiger partial charge in [0.1, 0.15) is 0 Å². The number of ketones is 1. The lowest BCUT2D eigenvalue weighted by atomic mass is 9.90. The number of benzene rings is 1. The van der Waals surface area contributed by atoms with Gasteiger partial charge in [-0.3, -0.25) is 9.48 Å². The number of Topliss-reactive ketones (excluding diaryl/α,β-unsaturated/α-hetero) is 1. The number of nitrogens with two attached hydrogens (primary N) is 1. The molecular weight excluding hydrogens is 250 g/mol. The number of carbonyl (C=O) groups excluding carboxylic acids is 1. The minimum absolute atomic E-state index is 0.0451. The van der Waals surface area contributed by atoms with E-state index in [4.69, 9.17) is 5.73 Å². The van der Waals surface area contributed by atoms with Crippen LogP contribution < -0.4 is 5.73 Å². The first-order chi connectivity index (χ1) is 9.63. The normalized spacial score (nSPS) is 13.9. The summed E-state index contributed by atoms with van der Waals surface area (Å²) >= 11 is 0. The first-order valence-corrected chi connectivity index (χ1v) is 7.00. The van der Waals surface area contributed by atoms with Crippen molar-refractivity contribution in [2.45, 2.75) is 32.9 Å². The van der Waals surface area contributed by atoms with Crippen LogP contribution in [0, 0.1) is 5.92 Å². The number of aryl methyl sites for hydroxylation is 1. The van der Waals surface area contributed by atoms with Gasteiger partial charge in [-0.05, 0) is 12.0 Å². The first kappa shape index (κ1) is 14.5. The van der Waals surface area contributed by atoms with Crippen LogP contribution in [-0.2, 0) is 6.54 Å². The average molecular weight is 271 g/mol. The number of rotatable bonds is 6. The second kappa shape index (κ2) is 6.48. The van der Waals surface area contributed by atoms with Gasteiger partial charge in [-0.15, -0.1) is 0 Å². The molecule has 0 fully saturated rings. The van der Waals surface area contributed by atoms with Crippen molar-refractivity contribution in [1.29, 1.82) is 0 Å².